The molecule has 1 aliphatic heterocycles. The maximum atomic E-state index is 13.5. The zero-order valence-corrected chi connectivity index (χ0v) is 12.7. The number of hydrogen-bond acceptors (Lipinski definition) is 2. The Hall–Kier alpha value is -1.88. The summed E-state index contributed by atoms with van der Waals surface area (Å²) in [5.74, 6) is -1.66. The van der Waals surface area contributed by atoms with Crippen molar-refractivity contribution in [2.24, 2.45) is 0 Å². The van der Waals surface area contributed by atoms with Gasteiger partial charge in [0.25, 0.3) is 0 Å². The van der Waals surface area contributed by atoms with Gasteiger partial charge < -0.3 is 10.0 Å². The molecule has 0 saturated carbocycles. The van der Waals surface area contributed by atoms with Gasteiger partial charge in [-0.3, -0.25) is 4.79 Å². The number of hydrogen-bond donors (Lipinski definition) is 1. The summed E-state index contributed by atoms with van der Waals surface area (Å²) in [4.78, 5) is 13.4. The first-order valence-corrected chi connectivity index (χ1v) is 7.35. The van der Waals surface area contributed by atoms with Gasteiger partial charge in [-0.05, 0) is 35.4 Å². The van der Waals surface area contributed by atoms with Gasteiger partial charge in [-0.15, -0.1) is 0 Å². The molecule has 2 aromatic rings. The SMILES string of the molecule is O=C(O)C1CN(Cc2cc(F)cc(Br)c2)c2ccccc21. The Kier molecular flexibility index (Phi) is 3.68. The van der Waals surface area contributed by atoms with E-state index in [9.17, 15) is 14.3 Å². The Labute approximate surface area is 130 Å². The van der Waals surface area contributed by atoms with Crippen LogP contribution in [0.15, 0.2) is 46.9 Å². The van der Waals surface area contributed by atoms with Crippen LogP contribution in [0, 0.1) is 5.82 Å². The number of anilines is 1. The predicted octanol–water partition coefficient (Wildman–Crippen LogP) is 3.78. The van der Waals surface area contributed by atoms with Gasteiger partial charge in [-0.2, -0.15) is 0 Å². The Morgan fingerprint density at radius 2 is 2.10 bits per heavy atom. The van der Waals surface area contributed by atoms with Gasteiger partial charge in [0.15, 0.2) is 0 Å². The van der Waals surface area contributed by atoms with E-state index in [1.54, 1.807) is 0 Å². The van der Waals surface area contributed by atoms with Crippen molar-refractivity contribution < 1.29 is 14.3 Å². The van der Waals surface area contributed by atoms with Crippen LogP contribution in [0.5, 0.6) is 0 Å². The molecule has 1 atom stereocenters. The van der Waals surface area contributed by atoms with Crippen LogP contribution in [-0.2, 0) is 11.3 Å². The third-order valence-corrected chi connectivity index (χ3v) is 4.11. The largest absolute Gasteiger partial charge is 0.481 e. The highest BCUT2D eigenvalue weighted by atomic mass is 79.9. The minimum absolute atomic E-state index is 0.304. The number of aliphatic carboxylic acids is 1. The molecule has 0 amide bonds. The first-order chi connectivity index (χ1) is 10.0. The third-order valence-electron chi connectivity index (χ3n) is 3.65. The van der Waals surface area contributed by atoms with Crippen molar-refractivity contribution >= 4 is 27.6 Å². The second-order valence-electron chi connectivity index (χ2n) is 5.11. The molecule has 2 aromatic carbocycles. The van der Waals surface area contributed by atoms with Crippen molar-refractivity contribution in [3.05, 3.63) is 63.9 Å². The summed E-state index contributed by atoms with van der Waals surface area (Å²) in [7, 11) is 0. The van der Waals surface area contributed by atoms with Gasteiger partial charge in [-0.1, -0.05) is 34.1 Å². The second kappa shape index (κ2) is 5.48. The van der Waals surface area contributed by atoms with E-state index in [2.05, 4.69) is 15.9 Å². The number of fused-ring (bicyclic) bond motifs is 1. The van der Waals surface area contributed by atoms with Crippen LogP contribution >= 0.6 is 15.9 Å². The van der Waals surface area contributed by atoms with Gasteiger partial charge >= 0.3 is 5.97 Å². The maximum absolute atomic E-state index is 13.5. The minimum atomic E-state index is -0.828. The summed E-state index contributed by atoms with van der Waals surface area (Å²) in [5.41, 5.74) is 2.54. The fraction of sp³-hybridized carbons (Fsp3) is 0.188. The first kappa shape index (κ1) is 14.1. The topological polar surface area (TPSA) is 40.5 Å². The molecule has 108 valence electrons. The lowest BCUT2D eigenvalue weighted by molar-refractivity contribution is -0.138. The van der Waals surface area contributed by atoms with Gasteiger partial charge in [-0.25, -0.2) is 4.39 Å². The van der Waals surface area contributed by atoms with E-state index in [0.29, 0.717) is 17.6 Å². The molecular formula is C16H13BrFNO2. The van der Waals surface area contributed by atoms with E-state index >= 15 is 0 Å². The number of carboxylic acids is 1. The average Bonchev–Trinajstić information content (AvgIpc) is 2.77. The number of rotatable bonds is 3. The Bertz CT molecular complexity index is 684. The van der Waals surface area contributed by atoms with E-state index in [-0.39, 0.29) is 5.82 Å². The van der Waals surface area contributed by atoms with Crippen LogP contribution in [0.3, 0.4) is 0 Å². The van der Waals surface area contributed by atoms with Crippen LogP contribution in [0.25, 0.3) is 0 Å². The van der Waals surface area contributed by atoms with Crippen LogP contribution in [0.1, 0.15) is 17.0 Å². The van der Waals surface area contributed by atoms with Crippen molar-refractivity contribution in [1.82, 2.24) is 0 Å². The van der Waals surface area contributed by atoms with Crippen molar-refractivity contribution in [3.8, 4) is 0 Å². The molecule has 1 unspecified atom stereocenters. The average molecular weight is 350 g/mol. The zero-order valence-electron chi connectivity index (χ0n) is 11.1. The summed E-state index contributed by atoms with van der Waals surface area (Å²) in [6.07, 6.45) is 0. The summed E-state index contributed by atoms with van der Waals surface area (Å²) < 4.78 is 14.1. The lowest BCUT2D eigenvalue weighted by Crippen LogP contribution is -2.24. The summed E-state index contributed by atoms with van der Waals surface area (Å²) in [5, 5.41) is 9.34. The van der Waals surface area contributed by atoms with E-state index in [1.165, 1.54) is 12.1 Å². The molecule has 0 aliphatic carbocycles. The zero-order chi connectivity index (χ0) is 15.0. The lowest BCUT2D eigenvalue weighted by atomic mass is 10.0. The molecule has 0 radical (unpaired) electrons. The second-order valence-corrected chi connectivity index (χ2v) is 6.02. The fourth-order valence-electron chi connectivity index (χ4n) is 2.77. The van der Waals surface area contributed by atoms with Gasteiger partial charge in [0.2, 0.25) is 0 Å². The molecule has 0 spiro atoms. The number of nitrogens with zero attached hydrogens (tertiary/aromatic N) is 1. The molecule has 21 heavy (non-hydrogen) atoms. The van der Waals surface area contributed by atoms with Crippen molar-refractivity contribution in [2.45, 2.75) is 12.5 Å². The molecule has 1 N–H and O–H groups in total. The molecule has 1 heterocycles. The van der Waals surface area contributed by atoms with Gasteiger partial charge in [0.05, 0.1) is 0 Å². The van der Waals surface area contributed by atoms with E-state index < -0.39 is 11.9 Å². The third kappa shape index (κ3) is 2.78. The molecule has 0 saturated heterocycles. The number of halogens is 2. The highest BCUT2D eigenvalue weighted by Gasteiger charge is 2.33. The number of carboxylic acid groups (broad SMARTS) is 1. The Morgan fingerprint density at radius 1 is 1.33 bits per heavy atom. The number of benzene rings is 2. The van der Waals surface area contributed by atoms with Gasteiger partial charge in [0.1, 0.15) is 11.7 Å². The van der Waals surface area contributed by atoms with Crippen molar-refractivity contribution in [2.75, 3.05) is 11.4 Å². The van der Waals surface area contributed by atoms with E-state index in [1.807, 2.05) is 35.2 Å². The van der Waals surface area contributed by atoms with Crippen LogP contribution in [0.4, 0.5) is 10.1 Å². The molecule has 1 aliphatic rings. The maximum Gasteiger partial charge on any atom is 0.312 e. The van der Waals surface area contributed by atoms with Gasteiger partial charge in [0, 0.05) is 23.2 Å². The van der Waals surface area contributed by atoms with E-state index in [4.69, 9.17) is 0 Å². The monoisotopic (exact) mass is 349 g/mol. The molecule has 3 rings (SSSR count). The Morgan fingerprint density at radius 3 is 2.81 bits per heavy atom. The van der Waals surface area contributed by atoms with Crippen molar-refractivity contribution in [1.29, 1.82) is 0 Å². The fourth-order valence-corrected chi connectivity index (χ4v) is 3.28. The molecule has 3 nitrogen and oxygen atoms in total. The number of para-hydroxylation sites is 1. The number of carbonyl (C=O) groups is 1. The molecular weight excluding hydrogens is 337 g/mol. The highest BCUT2D eigenvalue weighted by molar-refractivity contribution is 9.10. The highest BCUT2D eigenvalue weighted by Crippen LogP contribution is 2.37. The van der Waals surface area contributed by atoms with Crippen molar-refractivity contribution in [3.63, 3.8) is 0 Å². The molecule has 0 fully saturated rings. The smallest absolute Gasteiger partial charge is 0.312 e. The summed E-state index contributed by atoms with van der Waals surface area (Å²) in [6, 6.07) is 12.2. The summed E-state index contributed by atoms with van der Waals surface area (Å²) in [6.45, 7) is 0.889. The van der Waals surface area contributed by atoms with Crippen LogP contribution in [-0.4, -0.2) is 17.6 Å². The van der Waals surface area contributed by atoms with Crippen LogP contribution < -0.4 is 4.90 Å². The normalized spacial score (nSPS) is 16.9. The minimum Gasteiger partial charge on any atom is -0.481 e. The Balaban J connectivity index is 1.92. The predicted molar refractivity (Wildman–Crippen MR) is 82.0 cm³/mol. The molecule has 0 aromatic heterocycles. The van der Waals surface area contributed by atoms with Crippen LogP contribution in [0.2, 0.25) is 0 Å². The standard InChI is InChI=1S/C16H13BrFNO2/c17-11-5-10(6-12(18)7-11)8-19-9-14(16(20)21)13-3-1-2-4-15(13)19/h1-7,14H,8-9H2,(H,20,21). The molecule has 0 bridgehead atoms. The first-order valence-electron chi connectivity index (χ1n) is 6.56. The van der Waals surface area contributed by atoms with E-state index in [0.717, 1.165) is 16.8 Å². The lowest BCUT2D eigenvalue weighted by Gasteiger charge is -2.20. The summed E-state index contributed by atoms with van der Waals surface area (Å²) >= 11 is 3.28. The molecule has 5 heteroatoms. The quantitative estimate of drug-likeness (QED) is 0.916.